The molecule has 0 amide bonds. The molecular formula is C16H13N3O4. The van der Waals surface area contributed by atoms with E-state index in [1.54, 1.807) is 0 Å². The number of ketones is 1. The number of carbonyl (C=O) groups excluding carboxylic acids is 1. The van der Waals surface area contributed by atoms with E-state index in [9.17, 15) is 9.59 Å². The van der Waals surface area contributed by atoms with Crippen molar-refractivity contribution < 1.29 is 14.3 Å². The molecule has 116 valence electrons. The van der Waals surface area contributed by atoms with Crippen LogP contribution in [-0.2, 0) is 6.42 Å². The number of rotatable bonds is 3. The number of aliphatic imine (C=N–C) groups is 1. The molecule has 1 N–H and O–H groups in total. The summed E-state index contributed by atoms with van der Waals surface area (Å²) in [5.41, 5.74) is 2.61. The third-order valence-electron chi connectivity index (χ3n) is 3.89. The van der Waals surface area contributed by atoms with E-state index >= 15 is 0 Å². The van der Waals surface area contributed by atoms with E-state index in [0.29, 0.717) is 18.0 Å². The molecule has 0 saturated carbocycles. The van der Waals surface area contributed by atoms with E-state index in [2.05, 4.69) is 15.2 Å². The van der Waals surface area contributed by atoms with Gasteiger partial charge in [0.15, 0.2) is 17.3 Å². The van der Waals surface area contributed by atoms with Crippen LogP contribution in [0.5, 0.6) is 11.5 Å². The van der Waals surface area contributed by atoms with E-state index in [1.165, 1.54) is 12.1 Å². The van der Waals surface area contributed by atoms with Crippen molar-refractivity contribution in [3.8, 4) is 11.5 Å². The van der Waals surface area contributed by atoms with E-state index in [-0.39, 0.29) is 30.3 Å². The van der Waals surface area contributed by atoms with Crippen LogP contribution in [0.25, 0.3) is 0 Å². The third-order valence-corrected chi connectivity index (χ3v) is 3.89. The SMILES string of the molecule is O=C(CC1=NCCc2cc3c(cc21)OCO3)c1ccc(=O)[nH]n1. The number of H-pyrrole nitrogens is 1. The second-order valence-electron chi connectivity index (χ2n) is 5.35. The van der Waals surface area contributed by atoms with Crippen LogP contribution in [0.1, 0.15) is 28.0 Å². The van der Waals surface area contributed by atoms with Crippen LogP contribution in [0.15, 0.2) is 34.1 Å². The number of hydrogen-bond donors (Lipinski definition) is 1. The van der Waals surface area contributed by atoms with Gasteiger partial charge in [-0.25, -0.2) is 5.10 Å². The number of nitrogens with zero attached hydrogens (tertiary/aromatic N) is 2. The largest absolute Gasteiger partial charge is 0.454 e. The highest BCUT2D eigenvalue weighted by molar-refractivity contribution is 6.16. The minimum atomic E-state index is -0.338. The number of fused-ring (bicyclic) bond motifs is 2. The second kappa shape index (κ2) is 5.35. The molecule has 2 aliphatic rings. The van der Waals surface area contributed by atoms with Crippen molar-refractivity contribution in [1.29, 1.82) is 0 Å². The minimum Gasteiger partial charge on any atom is -0.454 e. The predicted octanol–water partition coefficient (Wildman–Crippen LogP) is 1.12. The number of carbonyl (C=O) groups is 1. The Balaban J connectivity index is 1.63. The molecule has 0 radical (unpaired) electrons. The number of Topliss-reactive ketones (excluding diaryl/α,β-unsaturated/α-hetero) is 1. The average Bonchev–Trinajstić information content (AvgIpc) is 3.01. The molecule has 3 heterocycles. The first kappa shape index (κ1) is 13.7. The zero-order valence-electron chi connectivity index (χ0n) is 12.2. The molecule has 1 aromatic carbocycles. The first-order chi connectivity index (χ1) is 11.2. The highest BCUT2D eigenvalue weighted by atomic mass is 16.7. The summed E-state index contributed by atoms with van der Waals surface area (Å²) in [4.78, 5) is 27.9. The summed E-state index contributed by atoms with van der Waals surface area (Å²) in [5, 5.41) is 6.04. The van der Waals surface area contributed by atoms with Crippen LogP contribution in [0.3, 0.4) is 0 Å². The maximum atomic E-state index is 12.3. The first-order valence-electron chi connectivity index (χ1n) is 7.26. The van der Waals surface area contributed by atoms with Crippen molar-refractivity contribution in [3.63, 3.8) is 0 Å². The first-order valence-corrected chi connectivity index (χ1v) is 7.26. The Morgan fingerprint density at radius 2 is 2.04 bits per heavy atom. The standard InChI is InChI=1S/C16H13N3O4/c20-13(11-1-2-16(21)19-18-11)7-12-10-6-15-14(22-8-23-15)5-9(10)3-4-17-12/h1-2,5-6H,3-4,7-8H2,(H,19,21). The molecule has 2 aromatic rings. The fourth-order valence-corrected chi connectivity index (χ4v) is 2.75. The Bertz CT molecular complexity index is 865. The molecular weight excluding hydrogens is 298 g/mol. The van der Waals surface area contributed by atoms with E-state index in [0.717, 1.165) is 23.3 Å². The molecule has 23 heavy (non-hydrogen) atoms. The molecule has 0 bridgehead atoms. The van der Waals surface area contributed by atoms with Crippen LogP contribution >= 0.6 is 0 Å². The van der Waals surface area contributed by atoms with Gasteiger partial charge in [0.1, 0.15) is 5.69 Å². The van der Waals surface area contributed by atoms with Crippen molar-refractivity contribution in [2.45, 2.75) is 12.8 Å². The van der Waals surface area contributed by atoms with Crippen molar-refractivity contribution in [2.75, 3.05) is 13.3 Å². The fraction of sp³-hybridized carbons (Fsp3) is 0.250. The van der Waals surface area contributed by atoms with Gasteiger partial charge in [0.25, 0.3) is 5.56 Å². The smallest absolute Gasteiger partial charge is 0.264 e. The highest BCUT2D eigenvalue weighted by Crippen LogP contribution is 2.36. The summed E-state index contributed by atoms with van der Waals surface area (Å²) >= 11 is 0. The van der Waals surface area contributed by atoms with Crippen molar-refractivity contribution in [1.82, 2.24) is 10.2 Å². The maximum Gasteiger partial charge on any atom is 0.264 e. The summed E-state index contributed by atoms with van der Waals surface area (Å²) in [6, 6.07) is 6.54. The molecule has 1 aromatic heterocycles. The molecule has 0 atom stereocenters. The molecule has 0 saturated heterocycles. The molecule has 7 heteroatoms. The summed E-state index contributed by atoms with van der Waals surface area (Å²) in [6.45, 7) is 0.846. The maximum absolute atomic E-state index is 12.3. The van der Waals surface area contributed by atoms with Crippen molar-refractivity contribution >= 4 is 11.5 Å². The molecule has 0 fully saturated rings. The molecule has 0 aliphatic carbocycles. The Morgan fingerprint density at radius 1 is 1.22 bits per heavy atom. The van der Waals surface area contributed by atoms with Gasteiger partial charge in [-0.05, 0) is 30.2 Å². The van der Waals surface area contributed by atoms with E-state index < -0.39 is 0 Å². The van der Waals surface area contributed by atoms with Gasteiger partial charge in [0, 0.05) is 18.2 Å². The number of aromatic amines is 1. The van der Waals surface area contributed by atoms with Gasteiger partial charge >= 0.3 is 0 Å². The Labute approximate surface area is 131 Å². The van der Waals surface area contributed by atoms with Gasteiger partial charge in [-0.2, -0.15) is 5.10 Å². The van der Waals surface area contributed by atoms with Gasteiger partial charge in [-0.15, -0.1) is 0 Å². The van der Waals surface area contributed by atoms with Crippen LogP contribution < -0.4 is 15.0 Å². The second-order valence-corrected chi connectivity index (χ2v) is 5.35. The lowest BCUT2D eigenvalue weighted by Crippen LogP contribution is -2.19. The highest BCUT2D eigenvalue weighted by Gasteiger charge is 2.23. The average molecular weight is 311 g/mol. The van der Waals surface area contributed by atoms with Gasteiger partial charge in [0.2, 0.25) is 6.79 Å². The number of benzene rings is 1. The van der Waals surface area contributed by atoms with Crippen LogP contribution in [0.4, 0.5) is 0 Å². The number of hydrogen-bond acceptors (Lipinski definition) is 6. The summed E-state index contributed by atoms with van der Waals surface area (Å²) in [5.74, 6) is 1.22. The Kier molecular flexibility index (Phi) is 3.18. The van der Waals surface area contributed by atoms with E-state index in [1.807, 2.05) is 12.1 Å². The van der Waals surface area contributed by atoms with Crippen LogP contribution in [0.2, 0.25) is 0 Å². The number of nitrogens with one attached hydrogen (secondary N) is 1. The lowest BCUT2D eigenvalue weighted by atomic mass is 9.93. The van der Waals surface area contributed by atoms with E-state index in [4.69, 9.17) is 9.47 Å². The third kappa shape index (κ3) is 2.50. The monoisotopic (exact) mass is 311 g/mol. The fourth-order valence-electron chi connectivity index (χ4n) is 2.75. The zero-order valence-corrected chi connectivity index (χ0v) is 12.2. The normalized spacial score (nSPS) is 15.0. The molecule has 2 aliphatic heterocycles. The summed E-state index contributed by atoms with van der Waals surface area (Å²) < 4.78 is 10.8. The quantitative estimate of drug-likeness (QED) is 0.857. The molecule has 7 nitrogen and oxygen atoms in total. The zero-order chi connectivity index (χ0) is 15.8. The lowest BCUT2D eigenvalue weighted by molar-refractivity contribution is 0.0995. The lowest BCUT2D eigenvalue weighted by Gasteiger charge is -2.17. The summed E-state index contributed by atoms with van der Waals surface area (Å²) in [7, 11) is 0. The number of aromatic nitrogens is 2. The van der Waals surface area contributed by atoms with Gasteiger partial charge < -0.3 is 9.47 Å². The Morgan fingerprint density at radius 3 is 2.83 bits per heavy atom. The summed E-state index contributed by atoms with van der Waals surface area (Å²) in [6.07, 6.45) is 0.937. The van der Waals surface area contributed by atoms with Gasteiger partial charge in [0.05, 0.1) is 12.1 Å². The van der Waals surface area contributed by atoms with Crippen molar-refractivity contribution in [2.24, 2.45) is 4.99 Å². The number of ether oxygens (including phenoxy) is 2. The molecule has 0 unspecified atom stereocenters. The predicted molar refractivity (Wildman–Crippen MR) is 81.5 cm³/mol. The van der Waals surface area contributed by atoms with Gasteiger partial charge in [-0.3, -0.25) is 14.6 Å². The van der Waals surface area contributed by atoms with Crippen LogP contribution in [0, 0.1) is 0 Å². The minimum absolute atomic E-state index is 0.131. The topological polar surface area (TPSA) is 93.6 Å². The van der Waals surface area contributed by atoms with Crippen molar-refractivity contribution in [3.05, 3.63) is 51.4 Å². The molecule has 4 rings (SSSR count). The van der Waals surface area contributed by atoms with Crippen LogP contribution in [-0.4, -0.2) is 35.0 Å². The van der Waals surface area contributed by atoms with Gasteiger partial charge in [-0.1, -0.05) is 0 Å². The Hall–Kier alpha value is -2.96. The molecule has 0 spiro atoms.